The van der Waals surface area contributed by atoms with Gasteiger partial charge in [-0.2, -0.15) is 10.2 Å². The average Bonchev–Trinajstić information content (AvgIpc) is 3.49. The van der Waals surface area contributed by atoms with Gasteiger partial charge in [-0.1, -0.05) is 73.7 Å². The molecule has 0 atom stereocenters. The van der Waals surface area contributed by atoms with Crippen LogP contribution in [0, 0.1) is 0 Å². The van der Waals surface area contributed by atoms with Gasteiger partial charge in [0, 0.05) is 24.4 Å². The normalized spacial score (nSPS) is 16.4. The number of hydrogen-bond acceptors (Lipinski definition) is 5. The lowest BCUT2D eigenvalue weighted by Crippen LogP contribution is -2.35. The highest BCUT2D eigenvalue weighted by Crippen LogP contribution is 2.31. The number of para-hydroxylation sites is 1. The van der Waals surface area contributed by atoms with Crippen LogP contribution in [-0.4, -0.2) is 48.1 Å². The summed E-state index contributed by atoms with van der Waals surface area (Å²) < 4.78 is 28.2. The third-order valence-electron chi connectivity index (χ3n) is 7.68. The van der Waals surface area contributed by atoms with Gasteiger partial charge in [-0.05, 0) is 84.6 Å². The SMILES string of the molecule is CCc1ccccc1C1CCN(CCSN(Cc2ccc(C3=NN=C(C(F)F)C3)cc2)c2ccccc2)CC1. The van der Waals surface area contributed by atoms with Crippen molar-refractivity contribution in [2.75, 3.05) is 29.7 Å². The monoisotopic (exact) mass is 546 g/mol. The maximum absolute atomic E-state index is 12.9. The van der Waals surface area contributed by atoms with Crippen LogP contribution in [0.1, 0.15) is 54.4 Å². The molecular formula is C32H36F2N4S. The van der Waals surface area contributed by atoms with Crippen LogP contribution in [-0.2, 0) is 13.0 Å². The summed E-state index contributed by atoms with van der Waals surface area (Å²) in [5, 5.41) is 7.61. The third-order valence-corrected chi connectivity index (χ3v) is 8.69. The Morgan fingerprint density at radius 2 is 1.64 bits per heavy atom. The molecule has 0 amide bonds. The van der Waals surface area contributed by atoms with Gasteiger partial charge in [0.15, 0.2) is 0 Å². The van der Waals surface area contributed by atoms with Gasteiger partial charge in [-0.25, -0.2) is 8.78 Å². The summed E-state index contributed by atoms with van der Waals surface area (Å²) in [6, 6.07) is 27.5. The van der Waals surface area contributed by atoms with E-state index in [1.54, 1.807) is 5.56 Å². The molecule has 1 fully saturated rings. The summed E-state index contributed by atoms with van der Waals surface area (Å²) in [5.41, 5.74) is 6.69. The number of hydrogen-bond donors (Lipinski definition) is 0. The Morgan fingerprint density at radius 3 is 2.33 bits per heavy atom. The zero-order chi connectivity index (χ0) is 27.0. The van der Waals surface area contributed by atoms with E-state index in [0.29, 0.717) is 11.6 Å². The van der Waals surface area contributed by atoms with Gasteiger partial charge in [0.25, 0.3) is 6.43 Å². The first-order valence-electron chi connectivity index (χ1n) is 13.9. The number of halogens is 2. The van der Waals surface area contributed by atoms with Crippen LogP contribution in [0.5, 0.6) is 0 Å². The Bertz CT molecular complexity index is 1270. The largest absolute Gasteiger partial charge is 0.312 e. The number of piperidine rings is 1. The van der Waals surface area contributed by atoms with E-state index >= 15 is 0 Å². The second-order valence-corrected chi connectivity index (χ2v) is 11.3. The summed E-state index contributed by atoms with van der Waals surface area (Å²) in [5.74, 6) is 1.70. The predicted molar refractivity (Wildman–Crippen MR) is 160 cm³/mol. The first-order valence-corrected chi connectivity index (χ1v) is 14.8. The molecule has 0 unspecified atom stereocenters. The van der Waals surface area contributed by atoms with Gasteiger partial charge in [0.05, 0.1) is 12.3 Å². The quantitative estimate of drug-likeness (QED) is 0.232. The molecule has 2 aliphatic heterocycles. The van der Waals surface area contributed by atoms with Crippen LogP contribution in [0.15, 0.2) is 89.1 Å². The molecule has 0 radical (unpaired) electrons. The lowest BCUT2D eigenvalue weighted by atomic mass is 9.86. The molecule has 0 aromatic heterocycles. The smallest absolute Gasteiger partial charge is 0.278 e. The van der Waals surface area contributed by atoms with E-state index in [1.165, 1.54) is 29.7 Å². The highest BCUT2D eigenvalue weighted by Gasteiger charge is 2.23. The standard InChI is InChI=1S/C32H36F2N4S/c1-2-25-8-6-7-11-29(25)26-16-18-37(19-17-26)20-21-39-38(28-9-4-3-5-10-28)23-24-12-14-27(15-13-24)30-22-31(32(33)34)36-35-30/h3-15,26,32H,2,16-23H2,1H3. The molecule has 0 bridgehead atoms. The summed E-state index contributed by atoms with van der Waals surface area (Å²) in [4.78, 5) is 2.61. The van der Waals surface area contributed by atoms with Crippen LogP contribution < -0.4 is 4.31 Å². The van der Waals surface area contributed by atoms with Crippen molar-refractivity contribution in [3.8, 4) is 0 Å². The van der Waals surface area contributed by atoms with E-state index in [9.17, 15) is 8.78 Å². The minimum atomic E-state index is -2.55. The molecule has 2 heterocycles. The van der Waals surface area contributed by atoms with Crippen molar-refractivity contribution < 1.29 is 8.78 Å². The second kappa shape index (κ2) is 13.4. The minimum absolute atomic E-state index is 0.116. The lowest BCUT2D eigenvalue weighted by Gasteiger charge is -2.33. The lowest BCUT2D eigenvalue weighted by molar-refractivity contribution is 0.224. The minimum Gasteiger partial charge on any atom is -0.312 e. The molecule has 39 heavy (non-hydrogen) atoms. The van der Waals surface area contributed by atoms with Gasteiger partial charge in [-0.15, -0.1) is 0 Å². The van der Waals surface area contributed by atoms with Crippen molar-refractivity contribution in [1.82, 2.24) is 4.90 Å². The summed E-state index contributed by atoms with van der Waals surface area (Å²) in [7, 11) is 0. The van der Waals surface area contributed by atoms with Crippen molar-refractivity contribution in [3.05, 3.63) is 101 Å². The van der Waals surface area contributed by atoms with E-state index in [1.807, 2.05) is 30.1 Å². The third kappa shape index (κ3) is 7.14. The fourth-order valence-electron chi connectivity index (χ4n) is 5.42. The van der Waals surface area contributed by atoms with Crippen molar-refractivity contribution in [1.29, 1.82) is 0 Å². The van der Waals surface area contributed by atoms with Crippen molar-refractivity contribution in [2.24, 2.45) is 10.2 Å². The Kier molecular flexibility index (Phi) is 9.43. The molecule has 5 rings (SSSR count). The number of rotatable bonds is 11. The van der Waals surface area contributed by atoms with Crippen LogP contribution in [0.25, 0.3) is 0 Å². The Labute approximate surface area is 235 Å². The fourth-order valence-corrected chi connectivity index (χ4v) is 6.50. The Balaban J connectivity index is 1.15. The molecule has 0 spiro atoms. The molecule has 0 aliphatic carbocycles. The number of benzene rings is 3. The molecule has 0 saturated carbocycles. The number of alkyl halides is 2. The van der Waals surface area contributed by atoms with Gasteiger partial charge in [0.2, 0.25) is 0 Å². The van der Waals surface area contributed by atoms with Crippen LogP contribution in [0.4, 0.5) is 14.5 Å². The maximum Gasteiger partial charge on any atom is 0.278 e. The highest BCUT2D eigenvalue weighted by molar-refractivity contribution is 8.00. The molecule has 0 N–H and O–H groups in total. The van der Waals surface area contributed by atoms with Crippen LogP contribution in [0.2, 0.25) is 0 Å². The van der Waals surface area contributed by atoms with Crippen molar-refractivity contribution >= 4 is 29.1 Å². The molecule has 4 nitrogen and oxygen atoms in total. The van der Waals surface area contributed by atoms with E-state index in [4.69, 9.17) is 0 Å². The molecule has 204 valence electrons. The van der Waals surface area contributed by atoms with Crippen molar-refractivity contribution in [2.45, 2.75) is 51.5 Å². The number of aryl methyl sites for hydroxylation is 1. The molecule has 1 saturated heterocycles. The van der Waals surface area contributed by atoms with E-state index in [-0.39, 0.29) is 12.1 Å². The summed E-state index contributed by atoms with van der Waals surface area (Å²) >= 11 is 1.87. The van der Waals surface area contributed by atoms with Gasteiger partial charge < -0.3 is 9.21 Å². The molecule has 3 aromatic rings. The van der Waals surface area contributed by atoms with E-state index < -0.39 is 6.43 Å². The molecular weight excluding hydrogens is 510 g/mol. The zero-order valence-corrected chi connectivity index (χ0v) is 23.3. The molecule has 3 aromatic carbocycles. The maximum atomic E-state index is 12.9. The molecule has 7 heteroatoms. The summed E-state index contributed by atoms with van der Waals surface area (Å²) in [6.45, 7) is 6.38. The van der Waals surface area contributed by atoms with Crippen molar-refractivity contribution in [3.63, 3.8) is 0 Å². The summed E-state index contributed by atoms with van der Waals surface area (Å²) in [6.07, 6.45) is 1.13. The molecule has 2 aliphatic rings. The zero-order valence-electron chi connectivity index (χ0n) is 22.5. The Hall–Kier alpha value is -3.03. The van der Waals surface area contributed by atoms with Crippen LogP contribution >= 0.6 is 11.9 Å². The predicted octanol–water partition coefficient (Wildman–Crippen LogP) is 7.60. The van der Waals surface area contributed by atoms with E-state index in [0.717, 1.165) is 43.9 Å². The number of anilines is 1. The average molecular weight is 547 g/mol. The number of nitrogens with zero attached hydrogens (tertiary/aromatic N) is 4. The fraction of sp³-hybridized carbons (Fsp3) is 0.375. The van der Waals surface area contributed by atoms with Gasteiger partial charge in [0.1, 0.15) is 5.71 Å². The van der Waals surface area contributed by atoms with Gasteiger partial charge >= 0.3 is 0 Å². The first-order chi connectivity index (χ1) is 19.1. The highest BCUT2D eigenvalue weighted by atomic mass is 32.2. The topological polar surface area (TPSA) is 31.2 Å². The van der Waals surface area contributed by atoms with Crippen LogP contribution in [0.3, 0.4) is 0 Å². The van der Waals surface area contributed by atoms with E-state index in [2.05, 4.69) is 87.0 Å². The number of likely N-dealkylation sites (tertiary alicyclic amines) is 1. The first kappa shape index (κ1) is 27.5. The second-order valence-electron chi connectivity index (χ2n) is 10.2. The Morgan fingerprint density at radius 1 is 0.923 bits per heavy atom. The van der Waals surface area contributed by atoms with Gasteiger partial charge in [-0.3, -0.25) is 0 Å².